The molecule has 5 heteroatoms. The van der Waals surface area contributed by atoms with Crippen molar-refractivity contribution in [2.75, 3.05) is 6.61 Å². The number of halogens is 1. The summed E-state index contributed by atoms with van der Waals surface area (Å²) in [7, 11) is 0. The van der Waals surface area contributed by atoms with Gasteiger partial charge in [-0.3, -0.25) is 0 Å². The molecule has 1 aromatic carbocycles. The highest BCUT2D eigenvalue weighted by Crippen LogP contribution is 2.21. The van der Waals surface area contributed by atoms with Crippen molar-refractivity contribution in [1.29, 1.82) is 0 Å². The average Bonchev–Trinajstić information content (AvgIpc) is 2.43. The number of hydrogen-bond donors (Lipinski definition) is 1. The van der Waals surface area contributed by atoms with E-state index in [0.717, 1.165) is 10.6 Å². The lowest BCUT2D eigenvalue weighted by Crippen LogP contribution is -1.88. The smallest absolute Gasteiger partial charge is 0.124 e. The first-order chi connectivity index (χ1) is 9.28. The summed E-state index contributed by atoms with van der Waals surface area (Å²) < 4.78 is 13.4. The number of aromatic nitrogens is 2. The van der Waals surface area contributed by atoms with Crippen LogP contribution in [0.25, 0.3) is 0 Å². The second-order valence-electron chi connectivity index (χ2n) is 3.64. The Morgan fingerprint density at radius 2 is 2.21 bits per heavy atom. The van der Waals surface area contributed by atoms with E-state index in [4.69, 9.17) is 5.11 Å². The summed E-state index contributed by atoms with van der Waals surface area (Å²) in [5, 5.41) is 9.47. The van der Waals surface area contributed by atoms with Crippen molar-refractivity contribution in [1.82, 2.24) is 9.97 Å². The van der Waals surface area contributed by atoms with E-state index in [2.05, 4.69) is 21.8 Å². The molecule has 3 nitrogen and oxygen atoms in total. The van der Waals surface area contributed by atoms with E-state index in [-0.39, 0.29) is 12.4 Å². The fraction of sp³-hybridized carbons (Fsp3) is 0.143. The second-order valence-corrected chi connectivity index (χ2v) is 4.64. The molecule has 0 bridgehead atoms. The van der Waals surface area contributed by atoms with E-state index in [9.17, 15) is 4.39 Å². The Hall–Kier alpha value is -1.90. The van der Waals surface area contributed by atoms with Gasteiger partial charge < -0.3 is 5.11 Å². The third kappa shape index (κ3) is 4.36. The van der Waals surface area contributed by atoms with E-state index < -0.39 is 0 Å². The Morgan fingerprint density at radius 3 is 2.95 bits per heavy atom. The molecule has 0 unspecified atom stereocenters. The van der Waals surface area contributed by atoms with Crippen molar-refractivity contribution in [2.24, 2.45) is 0 Å². The predicted molar refractivity (Wildman–Crippen MR) is 72.0 cm³/mol. The Balaban J connectivity index is 2.10. The lowest BCUT2D eigenvalue weighted by molar-refractivity contribution is 0.350. The van der Waals surface area contributed by atoms with Crippen molar-refractivity contribution in [3.63, 3.8) is 0 Å². The van der Waals surface area contributed by atoms with Gasteiger partial charge in [0.05, 0.1) is 5.03 Å². The van der Waals surface area contributed by atoms with Crippen molar-refractivity contribution in [3.8, 4) is 11.8 Å². The van der Waals surface area contributed by atoms with Crippen LogP contribution in [0.5, 0.6) is 0 Å². The number of aliphatic hydroxyl groups is 1. The van der Waals surface area contributed by atoms with Gasteiger partial charge >= 0.3 is 0 Å². The van der Waals surface area contributed by atoms with Gasteiger partial charge in [-0.05, 0) is 29.8 Å². The van der Waals surface area contributed by atoms with Crippen molar-refractivity contribution >= 4 is 11.8 Å². The minimum atomic E-state index is -0.331. The molecule has 0 aliphatic rings. The quantitative estimate of drug-likeness (QED) is 0.530. The monoisotopic (exact) mass is 274 g/mol. The maximum absolute atomic E-state index is 13.4. The van der Waals surface area contributed by atoms with E-state index in [1.807, 2.05) is 0 Å². The molecular formula is C14H11FN2OS. The second kappa shape index (κ2) is 6.88. The Labute approximate surface area is 114 Å². The zero-order valence-electron chi connectivity index (χ0n) is 10.0. The van der Waals surface area contributed by atoms with Crippen molar-refractivity contribution in [2.45, 2.75) is 10.8 Å². The number of nitrogens with zero attached hydrogens (tertiary/aromatic N) is 2. The standard InChI is InChI=1S/C14H11FN2OS/c15-13-7-11(2-1-5-18)6-12(8-13)9-19-14-3-4-16-10-17-14/h3-4,6-8,10,18H,5,9H2. The summed E-state index contributed by atoms with van der Waals surface area (Å²) in [5.74, 6) is 5.47. The molecule has 0 aliphatic carbocycles. The van der Waals surface area contributed by atoms with E-state index >= 15 is 0 Å². The molecule has 1 N–H and O–H groups in total. The Kier molecular flexibility index (Phi) is 4.90. The molecule has 0 aliphatic heterocycles. The van der Waals surface area contributed by atoms with Gasteiger partial charge in [-0.25, -0.2) is 14.4 Å². The highest BCUT2D eigenvalue weighted by Gasteiger charge is 2.01. The van der Waals surface area contributed by atoms with Gasteiger partial charge in [-0.1, -0.05) is 11.8 Å². The van der Waals surface area contributed by atoms with Crippen LogP contribution in [0, 0.1) is 17.7 Å². The first-order valence-electron chi connectivity index (χ1n) is 5.56. The molecule has 1 aromatic heterocycles. The van der Waals surface area contributed by atoms with Crippen LogP contribution in [0.15, 0.2) is 41.8 Å². The first-order valence-corrected chi connectivity index (χ1v) is 6.54. The third-order valence-electron chi connectivity index (χ3n) is 2.21. The lowest BCUT2D eigenvalue weighted by atomic mass is 10.1. The molecule has 2 aromatic rings. The van der Waals surface area contributed by atoms with Crippen LogP contribution in [0.4, 0.5) is 4.39 Å². The summed E-state index contributed by atoms with van der Waals surface area (Å²) in [5.41, 5.74) is 1.39. The van der Waals surface area contributed by atoms with E-state index in [1.54, 1.807) is 18.3 Å². The van der Waals surface area contributed by atoms with Gasteiger partial charge in [0, 0.05) is 17.5 Å². The van der Waals surface area contributed by atoms with Gasteiger partial charge in [-0.15, -0.1) is 11.8 Å². The molecule has 2 rings (SSSR count). The van der Waals surface area contributed by atoms with Gasteiger partial charge in [-0.2, -0.15) is 0 Å². The highest BCUT2D eigenvalue weighted by molar-refractivity contribution is 7.98. The fourth-order valence-corrected chi connectivity index (χ4v) is 2.23. The topological polar surface area (TPSA) is 46.0 Å². The lowest BCUT2D eigenvalue weighted by Gasteiger charge is -2.02. The maximum Gasteiger partial charge on any atom is 0.124 e. The maximum atomic E-state index is 13.4. The van der Waals surface area contributed by atoms with Crippen LogP contribution in [0.1, 0.15) is 11.1 Å². The minimum absolute atomic E-state index is 0.235. The molecule has 0 amide bonds. The third-order valence-corrected chi connectivity index (χ3v) is 3.23. The van der Waals surface area contributed by atoms with Crippen LogP contribution in [0.2, 0.25) is 0 Å². The summed E-state index contributed by atoms with van der Waals surface area (Å²) in [4.78, 5) is 7.92. The van der Waals surface area contributed by atoms with Gasteiger partial charge in [0.15, 0.2) is 0 Å². The van der Waals surface area contributed by atoms with Crippen molar-refractivity contribution < 1.29 is 9.50 Å². The molecule has 0 saturated heterocycles. The van der Waals surface area contributed by atoms with Gasteiger partial charge in [0.2, 0.25) is 0 Å². The average molecular weight is 274 g/mol. The molecule has 96 valence electrons. The van der Waals surface area contributed by atoms with Crippen LogP contribution in [-0.2, 0) is 5.75 Å². The minimum Gasteiger partial charge on any atom is -0.384 e. The molecule has 0 spiro atoms. The molecule has 1 heterocycles. The summed E-state index contributed by atoms with van der Waals surface area (Å²) in [6.45, 7) is -0.235. The predicted octanol–water partition coefficient (Wildman–Crippen LogP) is 2.25. The number of aliphatic hydroxyl groups excluding tert-OH is 1. The molecular weight excluding hydrogens is 263 g/mol. The molecule has 19 heavy (non-hydrogen) atoms. The van der Waals surface area contributed by atoms with Gasteiger partial charge in [0.1, 0.15) is 18.8 Å². The molecule has 0 saturated carbocycles. The van der Waals surface area contributed by atoms with Crippen LogP contribution < -0.4 is 0 Å². The summed E-state index contributed by atoms with van der Waals surface area (Å²) >= 11 is 1.50. The number of benzene rings is 1. The number of rotatable bonds is 3. The number of hydrogen-bond acceptors (Lipinski definition) is 4. The largest absolute Gasteiger partial charge is 0.384 e. The van der Waals surface area contributed by atoms with Crippen molar-refractivity contribution in [3.05, 3.63) is 53.7 Å². The molecule has 0 radical (unpaired) electrons. The normalized spacial score (nSPS) is 9.79. The molecule has 0 fully saturated rings. The highest BCUT2D eigenvalue weighted by atomic mass is 32.2. The van der Waals surface area contributed by atoms with Gasteiger partial charge in [0.25, 0.3) is 0 Å². The zero-order chi connectivity index (χ0) is 13.5. The Bertz CT molecular complexity index is 608. The summed E-state index contributed by atoms with van der Waals surface area (Å²) in [6.07, 6.45) is 3.14. The zero-order valence-corrected chi connectivity index (χ0v) is 10.8. The fourth-order valence-electron chi connectivity index (χ4n) is 1.47. The van der Waals surface area contributed by atoms with Crippen LogP contribution in [0.3, 0.4) is 0 Å². The molecule has 0 atom stereocenters. The van der Waals surface area contributed by atoms with E-state index in [0.29, 0.717) is 11.3 Å². The summed E-state index contributed by atoms with van der Waals surface area (Å²) in [6, 6.07) is 6.43. The SMILES string of the molecule is OCC#Cc1cc(F)cc(CSc2ccncn2)c1. The first kappa shape index (κ1) is 13.5. The Morgan fingerprint density at radius 1 is 1.32 bits per heavy atom. The number of thioether (sulfide) groups is 1. The van der Waals surface area contributed by atoms with Crippen LogP contribution in [-0.4, -0.2) is 21.7 Å². The van der Waals surface area contributed by atoms with E-state index in [1.165, 1.54) is 30.2 Å². The van der Waals surface area contributed by atoms with Crippen LogP contribution >= 0.6 is 11.8 Å².